The van der Waals surface area contributed by atoms with E-state index in [0.717, 1.165) is 10.9 Å². The second-order valence-corrected chi connectivity index (χ2v) is 8.75. The van der Waals surface area contributed by atoms with Crippen LogP contribution in [0.3, 0.4) is 0 Å². The van der Waals surface area contributed by atoms with E-state index in [1.54, 1.807) is 6.92 Å². The Bertz CT molecular complexity index is 1160. The van der Waals surface area contributed by atoms with E-state index in [1.165, 1.54) is 60.8 Å². The van der Waals surface area contributed by atoms with Gasteiger partial charge in [-0.15, -0.1) is 0 Å². The van der Waals surface area contributed by atoms with Crippen molar-refractivity contribution in [3.63, 3.8) is 0 Å². The van der Waals surface area contributed by atoms with Gasteiger partial charge in [0.1, 0.15) is 5.69 Å². The van der Waals surface area contributed by atoms with Crippen molar-refractivity contribution < 1.29 is 21.6 Å². The summed E-state index contributed by atoms with van der Waals surface area (Å²) < 4.78 is 66.0. The number of alkyl halides is 3. The van der Waals surface area contributed by atoms with Crippen LogP contribution in [0.15, 0.2) is 59.5 Å². The molecule has 0 aliphatic carbocycles. The van der Waals surface area contributed by atoms with E-state index in [2.05, 4.69) is 5.10 Å². The summed E-state index contributed by atoms with van der Waals surface area (Å²) >= 11 is 5.89. The van der Waals surface area contributed by atoms with Crippen LogP contribution in [0, 0.1) is 0 Å². The van der Waals surface area contributed by atoms with Crippen LogP contribution in [0.25, 0.3) is 28.6 Å². The highest BCUT2D eigenvalue weighted by Crippen LogP contribution is 2.43. The van der Waals surface area contributed by atoms with E-state index in [-0.39, 0.29) is 16.2 Å². The van der Waals surface area contributed by atoms with Gasteiger partial charge in [0.2, 0.25) is 0 Å². The maximum Gasteiger partial charge on any atom is 0.434 e. The number of allylic oxidation sites excluding steroid dienone is 1. The molecule has 1 aromatic heterocycles. The molecule has 152 valence electrons. The number of rotatable bonds is 4. The zero-order valence-corrected chi connectivity index (χ0v) is 17.0. The molecule has 3 rings (SSSR count). The van der Waals surface area contributed by atoms with Gasteiger partial charge in [-0.05, 0) is 36.8 Å². The molecule has 0 fully saturated rings. The van der Waals surface area contributed by atoms with Crippen molar-refractivity contribution in [3.8, 4) is 22.4 Å². The van der Waals surface area contributed by atoms with Crippen LogP contribution in [0.1, 0.15) is 12.6 Å². The van der Waals surface area contributed by atoms with Gasteiger partial charge in [-0.2, -0.15) is 18.3 Å². The first kappa shape index (κ1) is 21.1. The molecule has 0 N–H and O–H groups in total. The second kappa shape index (κ2) is 7.68. The first-order chi connectivity index (χ1) is 13.5. The van der Waals surface area contributed by atoms with E-state index in [1.807, 2.05) is 0 Å². The summed E-state index contributed by atoms with van der Waals surface area (Å²) in [6.45, 7) is 1.59. The van der Waals surface area contributed by atoms with Crippen molar-refractivity contribution >= 4 is 27.6 Å². The van der Waals surface area contributed by atoms with Crippen LogP contribution >= 0.6 is 11.6 Å². The number of sulfone groups is 1. The van der Waals surface area contributed by atoms with Gasteiger partial charge >= 0.3 is 6.18 Å². The minimum absolute atomic E-state index is 0.0678. The summed E-state index contributed by atoms with van der Waals surface area (Å²) in [5, 5.41) is 4.55. The van der Waals surface area contributed by atoms with Crippen molar-refractivity contribution in [2.45, 2.75) is 18.0 Å². The number of aromatic nitrogens is 2. The van der Waals surface area contributed by atoms with Crippen LogP contribution in [-0.4, -0.2) is 24.5 Å². The standard InChI is InChI=1S/C20H16ClF3N2O2S/c1-3-12-26-19(20(22,23)24)17(13-4-8-15(21)9-5-13)18(25-26)14-6-10-16(11-7-14)29(2,27)28/h3-12H,1-2H3. The van der Waals surface area contributed by atoms with E-state index in [9.17, 15) is 21.6 Å². The SMILES string of the molecule is CC=Cn1nc(-c2ccc(S(C)(=O)=O)cc2)c(-c2ccc(Cl)cc2)c1C(F)(F)F. The van der Waals surface area contributed by atoms with Crippen LogP contribution in [0.4, 0.5) is 13.2 Å². The molecule has 0 bridgehead atoms. The summed E-state index contributed by atoms with van der Waals surface area (Å²) in [7, 11) is -3.44. The van der Waals surface area contributed by atoms with Crippen molar-refractivity contribution in [2.75, 3.05) is 6.26 Å². The third kappa shape index (κ3) is 4.38. The minimum Gasteiger partial charge on any atom is -0.235 e. The molecule has 29 heavy (non-hydrogen) atoms. The predicted octanol–water partition coefficient (Wildman–Crippen LogP) is 5.78. The summed E-state index contributed by atoms with van der Waals surface area (Å²) in [5.41, 5.74) is -0.312. The predicted molar refractivity (Wildman–Crippen MR) is 107 cm³/mol. The number of hydrogen-bond donors (Lipinski definition) is 0. The number of hydrogen-bond acceptors (Lipinski definition) is 3. The van der Waals surface area contributed by atoms with Gasteiger partial charge in [-0.3, -0.25) is 0 Å². The Morgan fingerprint density at radius 2 is 1.55 bits per heavy atom. The van der Waals surface area contributed by atoms with Crippen molar-refractivity contribution in [1.29, 1.82) is 0 Å². The Morgan fingerprint density at radius 1 is 1.00 bits per heavy atom. The highest BCUT2D eigenvalue weighted by atomic mass is 35.5. The lowest BCUT2D eigenvalue weighted by Crippen LogP contribution is -2.12. The maximum absolute atomic E-state index is 13.9. The molecule has 3 aromatic rings. The quantitative estimate of drug-likeness (QED) is 0.516. The molecule has 0 atom stereocenters. The molecule has 1 heterocycles. The first-order valence-corrected chi connectivity index (χ1v) is 10.7. The monoisotopic (exact) mass is 440 g/mol. The van der Waals surface area contributed by atoms with E-state index >= 15 is 0 Å². The maximum atomic E-state index is 13.9. The Kier molecular flexibility index (Phi) is 5.60. The number of nitrogens with zero attached hydrogens (tertiary/aromatic N) is 2. The largest absolute Gasteiger partial charge is 0.434 e. The molecule has 4 nitrogen and oxygen atoms in total. The minimum atomic E-state index is -4.67. The summed E-state index contributed by atoms with van der Waals surface area (Å²) in [6.07, 6.45) is -0.947. The topological polar surface area (TPSA) is 52.0 Å². The Morgan fingerprint density at radius 3 is 2.03 bits per heavy atom. The number of halogens is 4. The lowest BCUT2D eigenvalue weighted by molar-refractivity contribution is -0.142. The molecule has 9 heteroatoms. The van der Waals surface area contributed by atoms with E-state index < -0.39 is 21.7 Å². The van der Waals surface area contributed by atoms with Crippen LogP contribution in [0.2, 0.25) is 5.02 Å². The molecule has 0 saturated heterocycles. The molecule has 0 unspecified atom stereocenters. The zero-order valence-electron chi connectivity index (χ0n) is 15.4. The van der Waals surface area contributed by atoms with Crippen molar-refractivity contribution in [1.82, 2.24) is 9.78 Å². The fourth-order valence-electron chi connectivity index (χ4n) is 2.91. The average molecular weight is 441 g/mol. The highest BCUT2D eigenvalue weighted by Gasteiger charge is 2.40. The van der Waals surface area contributed by atoms with Gasteiger partial charge in [0.05, 0.1) is 4.90 Å². The van der Waals surface area contributed by atoms with Crippen LogP contribution in [0.5, 0.6) is 0 Å². The molecule has 2 aromatic carbocycles. The molecule has 0 radical (unpaired) electrons. The molecule has 0 spiro atoms. The van der Waals surface area contributed by atoms with Crippen LogP contribution in [-0.2, 0) is 16.0 Å². The third-order valence-electron chi connectivity index (χ3n) is 4.16. The highest BCUT2D eigenvalue weighted by molar-refractivity contribution is 7.90. The fraction of sp³-hybridized carbons (Fsp3) is 0.150. The Hall–Kier alpha value is -2.58. The Labute approximate surface area is 171 Å². The van der Waals surface area contributed by atoms with Gasteiger partial charge in [0.15, 0.2) is 15.5 Å². The second-order valence-electron chi connectivity index (χ2n) is 6.30. The molecule has 0 aliphatic rings. The average Bonchev–Trinajstić information content (AvgIpc) is 3.02. The van der Waals surface area contributed by atoms with Gasteiger partial charge < -0.3 is 0 Å². The Balaban J connectivity index is 2.32. The van der Waals surface area contributed by atoms with Gasteiger partial charge in [0, 0.05) is 28.6 Å². The van der Waals surface area contributed by atoms with Crippen LogP contribution < -0.4 is 0 Å². The summed E-state index contributed by atoms with van der Waals surface area (Å²) in [6, 6.07) is 11.6. The lowest BCUT2D eigenvalue weighted by Gasteiger charge is -2.11. The summed E-state index contributed by atoms with van der Waals surface area (Å²) in [4.78, 5) is 0.0678. The third-order valence-corrected chi connectivity index (χ3v) is 5.54. The molecular weight excluding hydrogens is 425 g/mol. The van der Waals surface area contributed by atoms with Gasteiger partial charge in [-0.1, -0.05) is 41.9 Å². The van der Waals surface area contributed by atoms with Crippen molar-refractivity contribution in [3.05, 3.63) is 65.3 Å². The molecule has 0 aliphatic heterocycles. The van der Waals surface area contributed by atoms with E-state index in [0.29, 0.717) is 16.1 Å². The summed E-state index contributed by atoms with van der Waals surface area (Å²) in [5.74, 6) is 0. The van der Waals surface area contributed by atoms with Gasteiger partial charge in [0.25, 0.3) is 0 Å². The molecule has 0 amide bonds. The first-order valence-electron chi connectivity index (χ1n) is 8.41. The zero-order chi connectivity index (χ0) is 21.4. The lowest BCUT2D eigenvalue weighted by atomic mass is 9.98. The molecular formula is C20H16ClF3N2O2S. The fourth-order valence-corrected chi connectivity index (χ4v) is 3.66. The normalized spacial score (nSPS) is 12.6. The molecule has 0 saturated carbocycles. The number of benzene rings is 2. The van der Waals surface area contributed by atoms with E-state index in [4.69, 9.17) is 11.6 Å². The van der Waals surface area contributed by atoms with Gasteiger partial charge in [-0.25, -0.2) is 13.1 Å². The smallest absolute Gasteiger partial charge is 0.235 e. The van der Waals surface area contributed by atoms with Crippen molar-refractivity contribution in [2.24, 2.45) is 0 Å².